The van der Waals surface area contributed by atoms with E-state index >= 15 is 0 Å². The molecule has 0 unspecified atom stereocenters. The van der Waals surface area contributed by atoms with Crippen LogP contribution in [0.25, 0.3) is 17.0 Å². The minimum absolute atomic E-state index is 0.0530. The van der Waals surface area contributed by atoms with Crippen molar-refractivity contribution >= 4 is 46.3 Å². The molecule has 0 radical (unpaired) electrons. The third kappa shape index (κ3) is 3.92. The molecule has 9 heteroatoms. The SMILES string of the molecule is CCCN1C(=O)C(c2c(C)nn(-c3ccc(Cl)c(Cl)c3)c2[O-])=C([n+]2cc(C)cc(C)c2)C1=O. The number of halogens is 2. The van der Waals surface area contributed by atoms with Crippen molar-refractivity contribution in [2.45, 2.75) is 34.1 Å². The average Bonchev–Trinajstić information content (AvgIpc) is 3.16. The highest BCUT2D eigenvalue weighted by Gasteiger charge is 2.46. The molecule has 1 aliphatic heterocycles. The van der Waals surface area contributed by atoms with Crippen LogP contribution in [0.3, 0.4) is 0 Å². The van der Waals surface area contributed by atoms with Crippen molar-refractivity contribution in [1.82, 2.24) is 14.7 Å². The number of pyridine rings is 1. The van der Waals surface area contributed by atoms with E-state index in [9.17, 15) is 14.7 Å². The first-order chi connectivity index (χ1) is 15.6. The second-order valence-electron chi connectivity index (χ2n) is 8.06. The van der Waals surface area contributed by atoms with Crippen LogP contribution in [0.15, 0.2) is 36.7 Å². The number of rotatable bonds is 5. The third-order valence-corrected chi connectivity index (χ3v) is 6.14. The first-order valence-electron chi connectivity index (χ1n) is 10.5. The van der Waals surface area contributed by atoms with E-state index in [0.29, 0.717) is 22.8 Å². The summed E-state index contributed by atoms with van der Waals surface area (Å²) in [6, 6.07) is 6.68. The molecule has 0 saturated carbocycles. The van der Waals surface area contributed by atoms with Gasteiger partial charge in [-0.2, -0.15) is 9.67 Å². The van der Waals surface area contributed by atoms with Crippen LogP contribution in [0.5, 0.6) is 5.88 Å². The highest BCUT2D eigenvalue weighted by atomic mass is 35.5. The fourth-order valence-corrected chi connectivity index (χ4v) is 4.37. The summed E-state index contributed by atoms with van der Waals surface area (Å²) < 4.78 is 2.80. The number of carbonyl (C=O) groups is 2. The van der Waals surface area contributed by atoms with Gasteiger partial charge in [-0.25, -0.2) is 4.68 Å². The van der Waals surface area contributed by atoms with Crippen molar-refractivity contribution in [3.8, 4) is 11.6 Å². The molecule has 0 atom stereocenters. The van der Waals surface area contributed by atoms with E-state index in [1.165, 1.54) is 15.6 Å². The van der Waals surface area contributed by atoms with Crippen LogP contribution < -0.4 is 9.67 Å². The van der Waals surface area contributed by atoms with Crippen LogP contribution in [0.2, 0.25) is 10.0 Å². The second-order valence-corrected chi connectivity index (χ2v) is 8.87. The van der Waals surface area contributed by atoms with Gasteiger partial charge in [0.05, 0.1) is 21.4 Å². The highest BCUT2D eigenvalue weighted by Crippen LogP contribution is 2.37. The number of hydrogen-bond acceptors (Lipinski definition) is 4. The molecular weight excluding hydrogens is 463 g/mol. The summed E-state index contributed by atoms with van der Waals surface area (Å²) in [5.41, 5.74) is 2.88. The average molecular weight is 485 g/mol. The van der Waals surface area contributed by atoms with E-state index in [1.807, 2.05) is 26.8 Å². The Kier molecular flexibility index (Phi) is 6.03. The number of carbonyl (C=O) groups excluding carboxylic acids is 2. The van der Waals surface area contributed by atoms with Crippen molar-refractivity contribution < 1.29 is 19.3 Å². The number of nitrogens with zero attached hydrogens (tertiary/aromatic N) is 4. The summed E-state index contributed by atoms with van der Waals surface area (Å²) in [5.74, 6) is -1.45. The summed E-state index contributed by atoms with van der Waals surface area (Å²) in [6.07, 6.45) is 4.14. The highest BCUT2D eigenvalue weighted by molar-refractivity contribution is 6.45. The van der Waals surface area contributed by atoms with E-state index < -0.39 is 17.7 Å². The molecule has 2 aromatic heterocycles. The molecule has 7 nitrogen and oxygen atoms in total. The van der Waals surface area contributed by atoms with Crippen molar-refractivity contribution in [2.24, 2.45) is 0 Å². The summed E-state index contributed by atoms with van der Waals surface area (Å²) in [4.78, 5) is 28.0. The standard InChI is InChI=1S/C24H22Cl2N4O3/c1-5-8-29-22(31)20(21(24(29)33)28-11-13(2)9-14(3)12-28)19-15(4)27-30(23(19)32)16-6-7-17(25)18(26)10-16/h6-7,9-12H,5,8H2,1-4H3. The Bertz CT molecular complexity index is 1320. The maximum atomic E-state index is 13.5. The molecule has 0 saturated heterocycles. The molecule has 1 aromatic carbocycles. The normalized spacial score (nSPS) is 14.1. The Morgan fingerprint density at radius 3 is 2.27 bits per heavy atom. The van der Waals surface area contributed by atoms with Crippen molar-refractivity contribution in [2.75, 3.05) is 6.54 Å². The fourth-order valence-electron chi connectivity index (χ4n) is 4.08. The largest absolute Gasteiger partial charge is 0.858 e. The zero-order valence-corrected chi connectivity index (χ0v) is 20.2. The molecule has 33 heavy (non-hydrogen) atoms. The second kappa shape index (κ2) is 8.65. The molecule has 0 fully saturated rings. The van der Waals surface area contributed by atoms with Crippen LogP contribution in [-0.2, 0) is 9.59 Å². The van der Waals surface area contributed by atoms with Gasteiger partial charge in [0.25, 0.3) is 11.6 Å². The van der Waals surface area contributed by atoms with Crippen LogP contribution in [0, 0.1) is 20.8 Å². The molecule has 4 rings (SSSR count). The van der Waals surface area contributed by atoms with Gasteiger partial charge in [-0.05, 0) is 57.3 Å². The molecule has 3 heterocycles. The first kappa shape index (κ1) is 23.0. The Morgan fingerprint density at radius 2 is 1.67 bits per heavy atom. The van der Waals surface area contributed by atoms with Crippen LogP contribution in [-0.4, -0.2) is 33.0 Å². The van der Waals surface area contributed by atoms with Crippen LogP contribution in [0.4, 0.5) is 0 Å². The maximum Gasteiger partial charge on any atom is 0.326 e. The van der Waals surface area contributed by atoms with Crippen molar-refractivity contribution in [3.05, 3.63) is 69.1 Å². The van der Waals surface area contributed by atoms with Gasteiger partial charge in [0.1, 0.15) is 5.57 Å². The molecule has 0 aliphatic carbocycles. The monoisotopic (exact) mass is 484 g/mol. The molecule has 3 aromatic rings. The Labute approximate surface area is 201 Å². The van der Waals surface area contributed by atoms with Gasteiger partial charge in [-0.15, -0.1) is 0 Å². The predicted octanol–water partition coefficient (Wildman–Crippen LogP) is 3.61. The fraction of sp³-hybridized carbons (Fsp3) is 0.250. The van der Waals surface area contributed by atoms with Crippen LogP contribution >= 0.6 is 23.2 Å². The Balaban J connectivity index is 1.98. The lowest BCUT2D eigenvalue weighted by Crippen LogP contribution is -2.40. The van der Waals surface area contributed by atoms with Crippen molar-refractivity contribution in [1.29, 1.82) is 0 Å². The lowest BCUT2D eigenvalue weighted by Gasteiger charge is -2.15. The summed E-state index contributed by atoms with van der Waals surface area (Å²) in [5, 5.41) is 18.5. The first-order valence-corrected chi connectivity index (χ1v) is 11.2. The van der Waals surface area contributed by atoms with Crippen LogP contribution in [0.1, 0.15) is 35.7 Å². The summed E-state index contributed by atoms with van der Waals surface area (Å²) in [7, 11) is 0. The zero-order chi connectivity index (χ0) is 24.0. The van der Waals surface area contributed by atoms with Gasteiger partial charge in [0.15, 0.2) is 12.4 Å². The number of imide groups is 1. The van der Waals surface area contributed by atoms with Gasteiger partial charge >= 0.3 is 5.91 Å². The number of amides is 2. The zero-order valence-electron chi connectivity index (χ0n) is 18.6. The lowest BCUT2D eigenvalue weighted by atomic mass is 10.0. The number of aromatic nitrogens is 3. The number of hydrogen-bond donors (Lipinski definition) is 0. The minimum atomic E-state index is -0.511. The van der Waals surface area contributed by atoms with E-state index in [2.05, 4.69) is 5.10 Å². The lowest BCUT2D eigenvalue weighted by molar-refractivity contribution is -0.577. The molecule has 0 spiro atoms. The molecule has 170 valence electrons. The van der Waals surface area contributed by atoms with Gasteiger partial charge in [-0.3, -0.25) is 14.5 Å². The molecule has 1 aliphatic rings. The van der Waals surface area contributed by atoms with Gasteiger partial charge < -0.3 is 5.11 Å². The van der Waals surface area contributed by atoms with Gasteiger partial charge in [0, 0.05) is 23.2 Å². The predicted molar refractivity (Wildman–Crippen MR) is 124 cm³/mol. The van der Waals surface area contributed by atoms with E-state index in [4.69, 9.17) is 23.2 Å². The minimum Gasteiger partial charge on any atom is -0.858 e. The summed E-state index contributed by atoms with van der Waals surface area (Å²) in [6.45, 7) is 7.59. The Morgan fingerprint density at radius 1 is 1.00 bits per heavy atom. The third-order valence-electron chi connectivity index (χ3n) is 5.41. The number of benzene rings is 1. The Hall–Kier alpha value is -3.16. The van der Waals surface area contributed by atoms with Crippen molar-refractivity contribution in [3.63, 3.8) is 0 Å². The molecular formula is C24H22Cl2N4O3. The smallest absolute Gasteiger partial charge is 0.326 e. The topological polar surface area (TPSA) is 82.1 Å². The number of aryl methyl sites for hydroxylation is 3. The summed E-state index contributed by atoms with van der Waals surface area (Å²) >= 11 is 12.1. The maximum absolute atomic E-state index is 13.5. The van der Waals surface area contributed by atoms with E-state index in [0.717, 1.165) is 11.1 Å². The quantitative estimate of drug-likeness (QED) is 0.409. The molecule has 2 amide bonds. The van der Waals surface area contributed by atoms with E-state index in [1.54, 1.807) is 36.0 Å². The van der Waals surface area contributed by atoms with Gasteiger partial charge in [0.2, 0.25) is 0 Å². The molecule has 0 bridgehead atoms. The molecule has 0 N–H and O–H groups in total. The van der Waals surface area contributed by atoms with E-state index in [-0.39, 0.29) is 28.4 Å². The van der Waals surface area contributed by atoms with Gasteiger partial charge in [-0.1, -0.05) is 30.1 Å².